The van der Waals surface area contributed by atoms with E-state index in [-0.39, 0.29) is 13.1 Å². The summed E-state index contributed by atoms with van der Waals surface area (Å²) in [6, 6.07) is 6.18. The number of nitrogens with two attached hydrogens (primary N) is 1. The second-order valence-electron chi connectivity index (χ2n) is 6.07. The molecule has 5 atom stereocenters. The summed E-state index contributed by atoms with van der Waals surface area (Å²) in [6.07, 6.45) is -2.78. The molecule has 0 saturated carbocycles. The highest BCUT2D eigenvalue weighted by molar-refractivity contribution is 9.10. The van der Waals surface area contributed by atoms with E-state index in [1.54, 1.807) is 18.2 Å². The minimum Gasteiger partial charge on any atom is -0.463 e. The number of benzene rings is 1. The minimum absolute atomic E-state index is 0.192. The summed E-state index contributed by atoms with van der Waals surface area (Å²) in [6.45, 7) is 2.50. The van der Waals surface area contributed by atoms with Crippen LogP contribution < -0.4 is 5.73 Å². The number of rotatable bonds is 7. The number of nitriles is 1. The lowest BCUT2D eigenvalue weighted by molar-refractivity contribution is -0.197. The van der Waals surface area contributed by atoms with Gasteiger partial charge in [-0.3, -0.25) is 14.4 Å². The highest BCUT2D eigenvalue weighted by atomic mass is 79.9. The van der Waals surface area contributed by atoms with Crippen LogP contribution in [0.25, 0.3) is 0 Å². The van der Waals surface area contributed by atoms with Crippen molar-refractivity contribution in [2.75, 3.05) is 6.61 Å². The largest absolute Gasteiger partial charge is 0.463 e. The van der Waals surface area contributed by atoms with Gasteiger partial charge in [-0.1, -0.05) is 11.8 Å². The molecule has 2 rings (SSSR count). The molecule has 0 amide bonds. The predicted octanol–water partition coefficient (Wildman–Crippen LogP) is 1.50. The van der Waals surface area contributed by atoms with Crippen LogP contribution in [0, 0.1) is 11.3 Å². The molecule has 0 aromatic heterocycles. The van der Waals surface area contributed by atoms with E-state index in [0.717, 1.165) is 0 Å². The monoisotopic (exact) mass is 486 g/mol. The van der Waals surface area contributed by atoms with Crippen molar-refractivity contribution in [3.05, 3.63) is 28.2 Å². The highest BCUT2D eigenvalue weighted by Gasteiger charge is 2.48. The van der Waals surface area contributed by atoms with Gasteiger partial charge in [0.05, 0.1) is 11.6 Å². The maximum Gasteiger partial charge on any atom is 0.303 e. The van der Waals surface area contributed by atoms with E-state index in [0.29, 0.717) is 14.9 Å². The first kappa shape index (κ1) is 23.2. The molecule has 9 nitrogen and oxygen atoms in total. The SMILES string of the molecule is CC(=O)OCC1OC(Sc2ccc(C#N)c(Br)c2)C(OC=O)C(N)C1OC(C)=O. The van der Waals surface area contributed by atoms with Crippen molar-refractivity contribution in [1.29, 1.82) is 5.26 Å². The zero-order valence-electron chi connectivity index (χ0n) is 15.6. The normalized spacial score (nSPS) is 26.1. The van der Waals surface area contributed by atoms with Gasteiger partial charge < -0.3 is 24.7 Å². The van der Waals surface area contributed by atoms with E-state index in [1.165, 1.54) is 25.6 Å². The van der Waals surface area contributed by atoms with Crippen molar-refractivity contribution in [1.82, 2.24) is 0 Å². The number of thioether (sulfide) groups is 1. The van der Waals surface area contributed by atoms with E-state index < -0.39 is 41.7 Å². The first-order valence-electron chi connectivity index (χ1n) is 8.43. The molecule has 5 unspecified atom stereocenters. The standard InChI is InChI=1S/C18H19BrN2O7S/c1-9(23)25-7-14-16(27-10(2)24)15(21)17(26-8-22)18(28-14)29-12-4-3-11(6-20)13(19)5-12/h3-5,8,14-18H,7,21H2,1-2H3. The third kappa shape index (κ3) is 6.17. The maximum atomic E-state index is 11.5. The zero-order chi connectivity index (χ0) is 21.6. The molecule has 1 aliphatic rings. The summed E-state index contributed by atoms with van der Waals surface area (Å²) in [7, 11) is 0. The second-order valence-corrected chi connectivity index (χ2v) is 8.09. The molecule has 1 saturated heterocycles. The summed E-state index contributed by atoms with van der Waals surface area (Å²) in [4.78, 5) is 34.4. The van der Waals surface area contributed by atoms with Gasteiger partial charge in [0.1, 0.15) is 30.3 Å². The average molecular weight is 487 g/mol. The fraction of sp³-hybridized carbons (Fsp3) is 0.444. The van der Waals surface area contributed by atoms with Crippen LogP contribution in [0.2, 0.25) is 0 Å². The van der Waals surface area contributed by atoms with Crippen molar-refractivity contribution in [3.63, 3.8) is 0 Å². The number of hydrogen-bond donors (Lipinski definition) is 1. The third-order valence-corrected chi connectivity index (χ3v) is 5.77. The number of hydrogen-bond acceptors (Lipinski definition) is 10. The average Bonchev–Trinajstić information content (AvgIpc) is 2.65. The smallest absolute Gasteiger partial charge is 0.303 e. The topological polar surface area (TPSA) is 138 Å². The summed E-state index contributed by atoms with van der Waals surface area (Å²) in [5.74, 6) is -1.14. The van der Waals surface area contributed by atoms with Crippen molar-refractivity contribution in [2.24, 2.45) is 5.73 Å². The van der Waals surface area contributed by atoms with E-state index in [1.807, 2.05) is 6.07 Å². The van der Waals surface area contributed by atoms with Crippen LogP contribution in [0.1, 0.15) is 19.4 Å². The first-order valence-corrected chi connectivity index (χ1v) is 10.1. The molecule has 11 heteroatoms. The maximum absolute atomic E-state index is 11.5. The number of carbonyl (C=O) groups is 3. The molecule has 1 heterocycles. The Morgan fingerprint density at radius 1 is 1.34 bits per heavy atom. The van der Waals surface area contributed by atoms with Gasteiger partial charge in [0.25, 0.3) is 6.47 Å². The lowest BCUT2D eigenvalue weighted by Crippen LogP contribution is -2.63. The van der Waals surface area contributed by atoms with Crippen LogP contribution >= 0.6 is 27.7 Å². The van der Waals surface area contributed by atoms with Gasteiger partial charge in [-0.25, -0.2) is 0 Å². The molecule has 1 aliphatic heterocycles. The van der Waals surface area contributed by atoms with Gasteiger partial charge in [0.15, 0.2) is 6.10 Å². The molecular weight excluding hydrogens is 468 g/mol. The van der Waals surface area contributed by atoms with Gasteiger partial charge in [-0.2, -0.15) is 5.26 Å². The summed E-state index contributed by atoms with van der Waals surface area (Å²) in [5, 5.41) is 9.05. The molecule has 29 heavy (non-hydrogen) atoms. The quantitative estimate of drug-likeness (QED) is 0.342. The zero-order valence-corrected chi connectivity index (χ0v) is 18.0. The van der Waals surface area contributed by atoms with E-state index in [9.17, 15) is 14.4 Å². The number of nitrogens with zero attached hydrogens (tertiary/aromatic N) is 1. The summed E-state index contributed by atoms with van der Waals surface area (Å²) in [5.41, 5.74) is 5.91. The Labute approximate surface area is 179 Å². The molecule has 1 aromatic rings. The third-order valence-electron chi connectivity index (χ3n) is 3.98. The highest BCUT2D eigenvalue weighted by Crippen LogP contribution is 2.36. The Bertz CT molecular complexity index is 816. The van der Waals surface area contributed by atoms with Crippen LogP contribution in [0.3, 0.4) is 0 Å². The Hall–Kier alpha value is -2.13. The van der Waals surface area contributed by atoms with Gasteiger partial charge >= 0.3 is 11.9 Å². The van der Waals surface area contributed by atoms with Crippen molar-refractivity contribution < 1.29 is 33.3 Å². The molecule has 0 spiro atoms. The Kier molecular flexibility index (Phi) is 8.45. The Morgan fingerprint density at radius 3 is 2.62 bits per heavy atom. The minimum atomic E-state index is -0.985. The van der Waals surface area contributed by atoms with Crippen LogP contribution in [-0.4, -0.2) is 54.8 Å². The molecule has 0 bridgehead atoms. The molecule has 0 aliphatic carbocycles. The van der Waals surface area contributed by atoms with Gasteiger partial charge in [-0.05, 0) is 34.1 Å². The number of halogens is 1. The summed E-state index contributed by atoms with van der Waals surface area (Å²) >= 11 is 4.52. The second kappa shape index (κ2) is 10.6. The Morgan fingerprint density at radius 2 is 2.07 bits per heavy atom. The van der Waals surface area contributed by atoms with Crippen LogP contribution in [0.5, 0.6) is 0 Å². The Balaban J connectivity index is 2.29. The number of ether oxygens (including phenoxy) is 4. The fourth-order valence-electron chi connectivity index (χ4n) is 2.73. The van der Waals surface area contributed by atoms with E-state index >= 15 is 0 Å². The van der Waals surface area contributed by atoms with Crippen LogP contribution in [0.4, 0.5) is 0 Å². The lowest BCUT2D eigenvalue weighted by Gasteiger charge is -2.43. The number of esters is 2. The fourth-order valence-corrected chi connectivity index (χ4v) is 4.53. The molecule has 2 N–H and O–H groups in total. The molecule has 0 radical (unpaired) electrons. The number of carbonyl (C=O) groups excluding carboxylic acids is 3. The van der Waals surface area contributed by atoms with E-state index in [4.69, 9.17) is 29.9 Å². The molecule has 1 fully saturated rings. The van der Waals surface area contributed by atoms with Crippen LogP contribution in [0.15, 0.2) is 27.6 Å². The van der Waals surface area contributed by atoms with Gasteiger partial charge in [0, 0.05) is 23.2 Å². The predicted molar refractivity (Wildman–Crippen MR) is 104 cm³/mol. The van der Waals surface area contributed by atoms with Crippen molar-refractivity contribution in [2.45, 2.75) is 48.5 Å². The van der Waals surface area contributed by atoms with Gasteiger partial charge in [0.2, 0.25) is 0 Å². The molecule has 1 aromatic carbocycles. The first-order chi connectivity index (χ1) is 13.8. The van der Waals surface area contributed by atoms with Crippen LogP contribution in [-0.2, 0) is 33.3 Å². The molecular formula is C18H19BrN2O7S. The molecule has 156 valence electrons. The van der Waals surface area contributed by atoms with E-state index in [2.05, 4.69) is 15.9 Å². The summed E-state index contributed by atoms with van der Waals surface area (Å²) < 4.78 is 21.9. The van der Waals surface area contributed by atoms with Crippen molar-refractivity contribution in [3.8, 4) is 6.07 Å². The van der Waals surface area contributed by atoms with Crippen molar-refractivity contribution >= 4 is 46.1 Å². The lowest BCUT2D eigenvalue weighted by atomic mass is 9.97. The van der Waals surface area contributed by atoms with Gasteiger partial charge in [-0.15, -0.1) is 0 Å².